The molecule has 174 valence electrons. The van der Waals surface area contributed by atoms with Crippen LogP contribution in [0, 0.1) is 36.1 Å². The summed E-state index contributed by atoms with van der Waals surface area (Å²) in [6.07, 6.45) is 5.73. The fourth-order valence-corrected chi connectivity index (χ4v) is 4.95. The van der Waals surface area contributed by atoms with Gasteiger partial charge >= 0.3 is 0 Å². The smallest absolute Gasteiger partial charge is 0.172 e. The summed E-state index contributed by atoms with van der Waals surface area (Å²) in [7, 11) is 0. The molecule has 0 aromatic heterocycles. The van der Waals surface area contributed by atoms with Gasteiger partial charge in [-0.3, -0.25) is 0 Å². The first-order valence-electron chi connectivity index (χ1n) is 11.6. The van der Waals surface area contributed by atoms with Gasteiger partial charge in [-0.1, -0.05) is 44.0 Å². The Morgan fingerprint density at radius 1 is 0.848 bits per heavy atom. The fourth-order valence-electron chi connectivity index (χ4n) is 4.95. The number of hydrogen-bond donors (Lipinski definition) is 0. The lowest BCUT2D eigenvalue weighted by atomic mass is 9.77. The number of para-hydroxylation sites is 1. The van der Waals surface area contributed by atoms with E-state index in [0.29, 0.717) is 22.6 Å². The molecular formula is C28H28F4O. The molecule has 0 atom stereocenters. The van der Waals surface area contributed by atoms with Crippen molar-refractivity contribution < 1.29 is 22.3 Å². The average molecular weight is 457 g/mol. The monoisotopic (exact) mass is 456 g/mol. The SMILES string of the molecule is CCC[C@H]1CC[C@H](c2c(F)cc(C)c(Oc3ccccc3-c3ccc(F)c(F)c3)c2F)CC1. The van der Waals surface area contributed by atoms with Gasteiger partial charge in [0.15, 0.2) is 23.2 Å². The highest BCUT2D eigenvalue weighted by molar-refractivity contribution is 5.71. The number of rotatable bonds is 6. The zero-order valence-corrected chi connectivity index (χ0v) is 18.9. The number of halogens is 4. The lowest BCUT2D eigenvalue weighted by Crippen LogP contribution is -2.16. The van der Waals surface area contributed by atoms with Crippen molar-refractivity contribution in [3.05, 3.63) is 82.9 Å². The van der Waals surface area contributed by atoms with E-state index in [0.717, 1.165) is 50.7 Å². The average Bonchev–Trinajstić information content (AvgIpc) is 2.80. The molecule has 0 N–H and O–H groups in total. The third-order valence-corrected chi connectivity index (χ3v) is 6.68. The summed E-state index contributed by atoms with van der Waals surface area (Å²) in [6.45, 7) is 3.76. The van der Waals surface area contributed by atoms with Crippen LogP contribution in [0.4, 0.5) is 17.6 Å². The normalized spacial score (nSPS) is 18.4. The maximum absolute atomic E-state index is 15.7. The van der Waals surface area contributed by atoms with Crippen molar-refractivity contribution in [2.75, 3.05) is 0 Å². The molecule has 1 fully saturated rings. The van der Waals surface area contributed by atoms with Gasteiger partial charge in [-0.2, -0.15) is 0 Å². The quantitative estimate of drug-likeness (QED) is 0.336. The molecule has 3 aromatic carbocycles. The summed E-state index contributed by atoms with van der Waals surface area (Å²) in [5.74, 6) is -2.43. The van der Waals surface area contributed by atoms with Gasteiger partial charge in [-0.15, -0.1) is 0 Å². The summed E-state index contributed by atoms with van der Waals surface area (Å²) in [5.41, 5.74) is 1.32. The van der Waals surface area contributed by atoms with Crippen molar-refractivity contribution in [2.24, 2.45) is 5.92 Å². The van der Waals surface area contributed by atoms with Crippen LogP contribution < -0.4 is 4.74 Å². The highest BCUT2D eigenvalue weighted by atomic mass is 19.2. The molecule has 0 amide bonds. The van der Waals surface area contributed by atoms with Gasteiger partial charge in [0.05, 0.1) is 0 Å². The first-order chi connectivity index (χ1) is 15.9. The second kappa shape index (κ2) is 9.98. The predicted molar refractivity (Wildman–Crippen MR) is 123 cm³/mol. The van der Waals surface area contributed by atoms with Crippen LogP contribution in [0.25, 0.3) is 11.1 Å². The van der Waals surface area contributed by atoms with Gasteiger partial charge in [-0.25, -0.2) is 17.6 Å². The molecule has 0 aliphatic heterocycles. The van der Waals surface area contributed by atoms with E-state index in [1.54, 1.807) is 31.2 Å². The molecule has 0 saturated heterocycles. The second-order valence-electron chi connectivity index (χ2n) is 8.97. The Labute approximate surface area is 192 Å². The molecular weight excluding hydrogens is 428 g/mol. The third kappa shape index (κ3) is 4.92. The van der Waals surface area contributed by atoms with Crippen LogP contribution in [0.3, 0.4) is 0 Å². The van der Waals surface area contributed by atoms with E-state index in [4.69, 9.17) is 4.74 Å². The molecule has 1 aliphatic carbocycles. The first kappa shape index (κ1) is 23.3. The maximum atomic E-state index is 15.7. The second-order valence-corrected chi connectivity index (χ2v) is 8.97. The van der Waals surface area contributed by atoms with Crippen LogP contribution in [0.5, 0.6) is 11.5 Å². The summed E-state index contributed by atoms with van der Waals surface area (Å²) >= 11 is 0. The van der Waals surface area contributed by atoms with Crippen LogP contribution in [-0.4, -0.2) is 0 Å². The van der Waals surface area contributed by atoms with Crippen molar-refractivity contribution in [3.8, 4) is 22.6 Å². The molecule has 3 aromatic rings. The molecule has 1 saturated carbocycles. The zero-order valence-electron chi connectivity index (χ0n) is 18.9. The highest BCUT2D eigenvalue weighted by Gasteiger charge is 2.29. The molecule has 5 heteroatoms. The van der Waals surface area contributed by atoms with Crippen LogP contribution in [0.1, 0.15) is 62.5 Å². The third-order valence-electron chi connectivity index (χ3n) is 6.68. The summed E-state index contributed by atoms with van der Waals surface area (Å²) < 4.78 is 63.8. The van der Waals surface area contributed by atoms with Gasteiger partial charge in [0.2, 0.25) is 0 Å². The molecule has 0 heterocycles. The van der Waals surface area contributed by atoms with Crippen molar-refractivity contribution in [2.45, 2.75) is 58.3 Å². The van der Waals surface area contributed by atoms with Gasteiger partial charge in [0, 0.05) is 11.1 Å². The predicted octanol–water partition coefficient (Wildman–Crippen LogP) is 9.08. The van der Waals surface area contributed by atoms with Crippen molar-refractivity contribution >= 4 is 0 Å². The largest absolute Gasteiger partial charge is 0.453 e. The lowest BCUT2D eigenvalue weighted by Gasteiger charge is -2.29. The van der Waals surface area contributed by atoms with E-state index < -0.39 is 23.3 Å². The minimum atomic E-state index is -0.979. The molecule has 4 rings (SSSR count). The maximum Gasteiger partial charge on any atom is 0.172 e. The van der Waals surface area contributed by atoms with Crippen LogP contribution in [-0.2, 0) is 0 Å². The molecule has 1 aliphatic rings. The molecule has 0 spiro atoms. The van der Waals surface area contributed by atoms with E-state index in [1.165, 1.54) is 12.1 Å². The van der Waals surface area contributed by atoms with Crippen molar-refractivity contribution in [1.29, 1.82) is 0 Å². The highest BCUT2D eigenvalue weighted by Crippen LogP contribution is 2.43. The van der Waals surface area contributed by atoms with E-state index >= 15 is 4.39 Å². The molecule has 0 unspecified atom stereocenters. The summed E-state index contributed by atoms with van der Waals surface area (Å²) in [4.78, 5) is 0. The minimum Gasteiger partial charge on any atom is -0.453 e. The minimum absolute atomic E-state index is 0.0304. The Kier molecular flexibility index (Phi) is 7.06. The Hall–Kier alpha value is -2.82. The number of aryl methyl sites for hydroxylation is 1. The number of ether oxygens (including phenoxy) is 1. The Morgan fingerprint density at radius 2 is 1.58 bits per heavy atom. The van der Waals surface area contributed by atoms with Gasteiger partial charge in [0.25, 0.3) is 0 Å². The number of hydrogen-bond acceptors (Lipinski definition) is 1. The molecule has 33 heavy (non-hydrogen) atoms. The Balaban J connectivity index is 1.67. The van der Waals surface area contributed by atoms with Crippen LogP contribution >= 0.6 is 0 Å². The lowest BCUT2D eigenvalue weighted by molar-refractivity contribution is 0.298. The van der Waals surface area contributed by atoms with E-state index in [9.17, 15) is 13.2 Å². The van der Waals surface area contributed by atoms with E-state index in [1.807, 2.05) is 0 Å². The topological polar surface area (TPSA) is 9.23 Å². The Morgan fingerprint density at radius 3 is 2.27 bits per heavy atom. The van der Waals surface area contributed by atoms with Gasteiger partial charge < -0.3 is 4.74 Å². The molecule has 1 nitrogen and oxygen atoms in total. The number of benzene rings is 3. The molecule has 0 radical (unpaired) electrons. The standard InChI is InChI=1S/C28H28F4O/c1-3-6-18-9-11-19(12-10-18)26-24(31)15-17(2)28(27(26)32)33-25-8-5-4-7-21(25)20-13-14-22(29)23(30)16-20/h4-5,7-8,13-16,18-19H,3,6,9-12H2,1-2H3/t18-,19-. The molecule has 0 bridgehead atoms. The fraction of sp³-hybridized carbons (Fsp3) is 0.357. The van der Waals surface area contributed by atoms with Gasteiger partial charge in [-0.05, 0) is 79.8 Å². The van der Waals surface area contributed by atoms with E-state index in [2.05, 4.69) is 6.92 Å². The summed E-state index contributed by atoms with van der Waals surface area (Å²) in [6, 6.07) is 11.6. The summed E-state index contributed by atoms with van der Waals surface area (Å²) in [5, 5.41) is 0. The van der Waals surface area contributed by atoms with E-state index in [-0.39, 0.29) is 23.0 Å². The van der Waals surface area contributed by atoms with Crippen molar-refractivity contribution in [1.82, 2.24) is 0 Å². The van der Waals surface area contributed by atoms with Gasteiger partial charge in [0.1, 0.15) is 11.6 Å². The van der Waals surface area contributed by atoms with Crippen LogP contribution in [0.2, 0.25) is 0 Å². The van der Waals surface area contributed by atoms with Crippen molar-refractivity contribution in [3.63, 3.8) is 0 Å². The first-order valence-corrected chi connectivity index (χ1v) is 11.6. The Bertz CT molecular complexity index is 1130. The van der Waals surface area contributed by atoms with Crippen LogP contribution in [0.15, 0.2) is 48.5 Å². The zero-order chi connectivity index (χ0) is 23.5.